The topological polar surface area (TPSA) is 118 Å². The van der Waals surface area contributed by atoms with Crippen LogP contribution in [-0.4, -0.2) is 115 Å². The second-order valence-electron chi connectivity index (χ2n) is 18.8. The van der Waals surface area contributed by atoms with Crippen LogP contribution in [0.2, 0.25) is 0 Å². The van der Waals surface area contributed by atoms with Crippen LogP contribution in [-0.2, 0) is 43.0 Å². The molecule has 364 valence electrons. The number of aliphatic hydroxyl groups excluding tert-OH is 1. The highest BCUT2D eigenvalue weighted by molar-refractivity contribution is 5.92. The lowest BCUT2D eigenvalue weighted by molar-refractivity contribution is -0.173. The lowest BCUT2D eigenvalue weighted by Gasteiger charge is -2.49. The van der Waals surface area contributed by atoms with Gasteiger partial charge in [-0.3, -0.25) is 9.69 Å². The third kappa shape index (κ3) is 9.47. The van der Waals surface area contributed by atoms with Gasteiger partial charge in [0.1, 0.15) is 0 Å². The van der Waals surface area contributed by atoms with E-state index >= 15 is 4.79 Å². The van der Waals surface area contributed by atoms with Crippen molar-refractivity contribution >= 4 is 5.91 Å². The minimum absolute atomic E-state index is 0.0240. The highest BCUT2D eigenvalue weighted by Crippen LogP contribution is 2.51. The summed E-state index contributed by atoms with van der Waals surface area (Å²) in [5, 5.41) is 9.17. The number of hydrogen-bond donors (Lipinski definition) is 1. The van der Waals surface area contributed by atoms with Crippen molar-refractivity contribution in [3.05, 3.63) is 118 Å². The van der Waals surface area contributed by atoms with E-state index in [0.717, 1.165) is 62.3 Å². The van der Waals surface area contributed by atoms with Crippen molar-refractivity contribution in [2.75, 3.05) is 87.7 Å². The van der Waals surface area contributed by atoms with Crippen LogP contribution in [0.3, 0.4) is 0 Å². The molecular weight excluding hydrogens is 861 g/mol. The molecule has 0 aromatic heterocycles. The summed E-state index contributed by atoms with van der Waals surface area (Å²) in [5.74, 6) is 3.52. The maximum Gasteiger partial charge on any atom is 0.289 e. The fourth-order valence-electron chi connectivity index (χ4n) is 12.1. The van der Waals surface area contributed by atoms with Crippen LogP contribution in [0.15, 0.2) is 78.6 Å². The van der Waals surface area contributed by atoms with E-state index in [1.807, 2.05) is 6.92 Å². The molecule has 0 bridgehead atoms. The Hall–Kier alpha value is -5.11. The van der Waals surface area contributed by atoms with Gasteiger partial charge in [0.05, 0.1) is 60.9 Å². The molecule has 1 fully saturated rings. The number of amides is 1. The Morgan fingerprint density at radius 2 is 1.41 bits per heavy atom. The lowest BCUT2D eigenvalue weighted by Crippen LogP contribution is -2.48. The van der Waals surface area contributed by atoms with E-state index in [2.05, 4.69) is 89.5 Å². The summed E-state index contributed by atoms with van der Waals surface area (Å²) >= 11 is 0. The fourth-order valence-corrected chi connectivity index (χ4v) is 12.1. The number of allylic oxidation sites excluding steroid dienone is 1. The van der Waals surface area contributed by atoms with Crippen molar-refractivity contribution in [2.45, 2.75) is 83.1 Å². The number of carbonyl (C=O) groups excluding carboxylic acids is 1. The van der Waals surface area contributed by atoms with E-state index in [0.29, 0.717) is 74.9 Å². The molecule has 7 atom stereocenters. The molecule has 68 heavy (non-hydrogen) atoms. The van der Waals surface area contributed by atoms with E-state index in [1.54, 1.807) is 28.4 Å². The van der Waals surface area contributed by atoms with Gasteiger partial charge in [0.2, 0.25) is 6.29 Å². The highest BCUT2D eigenvalue weighted by Gasteiger charge is 2.45. The van der Waals surface area contributed by atoms with Gasteiger partial charge in [-0.05, 0) is 138 Å². The normalized spacial score (nSPS) is 23.8. The Kier molecular flexibility index (Phi) is 15.3. The first kappa shape index (κ1) is 47.9. The molecule has 1 amide bonds. The first-order valence-electron chi connectivity index (χ1n) is 24.8. The second kappa shape index (κ2) is 21.7. The van der Waals surface area contributed by atoms with Crippen LogP contribution in [0.25, 0.3) is 11.1 Å². The summed E-state index contributed by atoms with van der Waals surface area (Å²) in [6.45, 7) is 8.77. The van der Waals surface area contributed by atoms with Gasteiger partial charge in [0.25, 0.3) is 5.91 Å². The van der Waals surface area contributed by atoms with Crippen molar-refractivity contribution in [2.24, 2.45) is 17.8 Å². The molecule has 1 N–H and O–H groups in total. The van der Waals surface area contributed by atoms with Crippen LogP contribution in [0, 0.1) is 17.8 Å². The van der Waals surface area contributed by atoms with Gasteiger partial charge in [-0.2, -0.15) is 0 Å². The quantitative estimate of drug-likeness (QED) is 0.0801. The van der Waals surface area contributed by atoms with E-state index in [1.165, 1.54) is 44.5 Å². The number of ether oxygens (including phenoxy) is 8. The summed E-state index contributed by atoms with van der Waals surface area (Å²) in [6, 6.07) is 23.8. The number of hydrogen-bond acceptors (Lipinski definition) is 11. The van der Waals surface area contributed by atoms with E-state index in [4.69, 9.17) is 43.0 Å². The molecule has 0 saturated carbocycles. The third-order valence-corrected chi connectivity index (χ3v) is 15.5. The van der Waals surface area contributed by atoms with E-state index in [9.17, 15) is 0 Å². The Morgan fingerprint density at radius 1 is 0.735 bits per heavy atom. The van der Waals surface area contributed by atoms with Crippen LogP contribution >= 0.6 is 0 Å². The molecule has 12 nitrogen and oxygen atoms in total. The minimum atomic E-state index is -0.682. The predicted molar refractivity (Wildman–Crippen MR) is 261 cm³/mol. The molecular formula is C56H70N2O10. The van der Waals surface area contributed by atoms with Gasteiger partial charge in [0, 0.05) is 50.7 Å². The first-order valence-corrected chi connectivity index (χ1v) is 24.8. The van der Waals surface area contributed by atoms with Crippen molar-refractivity contribution in [3.63, 3.8) is 0 Å². The summed E-state index contributed by atoms with van der Waals surface area (Å²) in [4.78, 5) is 20.5. The Balaban J connectivity index is 1.08. The van der Waals surface area contributed by atoms with Crippen molar-refractivity contribution in [1.82, 2.24) is 9.80 Å². The number of benzene rings is 4. The van der Waals surface area contributed by atoms with Crippen LogP contribution in [0.4, 0.5) is 0 Å². The Morgan fingerprint density at radius 3 is 2.13 bits per heavy atom. The SMILES string of the molecule is CCO[C@H]1OC(C(=O)N2CCc3cc(OC)c(OC)cc3[C@H]2C[C@H]2C[C@H]3c4cc(OC)c(OC)cc4CCN3C[C@@H]2CC)=C[C@@H](c2cccc3c2Cc2ccccc2-3)[C@H]1CCOCCOCCO. The molecule has 1 saturated heterocycles. The van der Waals surface area contributed by atoms with E-state index in [-0.39, 0.29) is 43.0 Å². The number of aliphatic hydroxyl groups is 1. The molecule has 9 rings (SSSR count). The second-order valence-corrected chi connectivity index (χ2v) is 18.8. The summed E-state index contributed by atoms with van der Waals surface area (Å²) in [6.07, 6.45) is 7.32. The average Bonchev–Trinajstić information content (AvgIpc) is 3.76. The molecule has 0 unspecified atom stereocenters. The maximum atomic E-state index is 15.7. The highest BCUT2D eigenvalue weighted by atomic mass is 16.7. The largest absolute Gasteiger partial charge is 0.493 e. The smallest absolute Gasteiger partial charge is 0.289 e. The number of piperidine rings is 1. The average molecular weight is 931 g/mol. The van der Waals surface area contributed by atoms with Gasteiger partial charge in [-0.1, -0.05) is 55.8 Å². The van der Waals surface area contributed by atoms with E-state index < -0.39 is 6.29 Å². The minimum Gasteiger partial charge on any atom is -0.493 e. The van der Waals surface area contributed by atoms with Gasteiger partial charge in [-0.15, -0.1) is 0 Å². The Bertz CT molecular complexity index is 2440. The molecule has 4 heterocycles. The lowest BCUT2D eigenvalue weighted by atomic mass is 9.72. The zero-order valence-corrected chi connectivity index (χ0v) is 40.8. The molecule has 4 aromatic carbocycles. The molecule has 1 aliphatic carbocycles. The van der Waals surface area contributed by atoms with Crippen LogP contribution in [0.1, 0.15) is 96.5 Å². The van der Waals surface area contributed by atoms with Crippen LogP contribution in [0.5, 0.6) is 23.0 Å². The predicted octanol–water partition coefficient (Wildman–Crippen LogP) is 8.85. The Labute approximate surface area is 402 Å². The molecule has 12 heteroatoms. The molecule has 0 spiro atoms. The van der Waals surface area contributed by atoms with Crippen molar-refractivity contribution < 1.29 is 47.8 Å². The van der Waals surface area contributed by atoms with Gasteiger partial charge in [-0.25, -0.2) is 0 Å². The summed E-state index contributed by atoms with van der Waals surface area (Å²) in [5.41, 5.74) is 11.2. The molecule has 4 aliphatic heterocycles. The van der Waals surface area contributed by atoms with Crippen molar-refractivity contribution in [3.8, 4) is 34.1 Å². The van der Waals surface area contributed by atoms with Gasteiger partial charge in [0.15, 0.2) is 28.8 Å². The van der Waals surface area contributed by atoms with Crippen molar-refractivity contribution in [1.29, 1.82) is 0 Å². The zero-order valence-electron chi connectivity index (χ0n) is 40.8. The monoisotopic (exact) mass is 931 g/mol. The number of carbonyl (C=O) groups is 1. The van der Waals surface area contributed by atoms with Gasteiger partial charge < -0.3 is 47.9 Å². The standard InChI is InChI=1S/C56H70N2O10/c1-7-35-34-57-19-16-37-29-50(61-3)52(63-5)31-44(37)48(57)27-39(35)28-49-45-32-53(64-6)51(62-4)30-38(45)17-20-58(49)55(60)54-33-47(42-15-11-14-41-40-13-10-9-12-36(40)26-46(41)42)43(56(68-54)67-8-2)18-22-65-24-25-66-23-21-59/h9-15,29-33,35,39,43,47-49,56,59H,7-8,16-28,34H2,1-6H3/t35-,39+,43+,47-,48-,49+,56-/m0/s1. The van der Waals surface area contributed by atoms with Crippen LogP contribution < -0.4 is 18.9 Å². The fraction of sp³-hybridized carbons (Fsp3) is 0.518. The number of fused-ring (bicyclic) bond motifs is 7. The summed E-state index contributed by atoms with van der Waals surface area (Å²) < 4.78 is 48.3. The third-order valence-electron chi connectivity index (χ3n) is 15.5. The molecule has 0 radical (unpaired) electrons. The zero-order chi connectivity index (χ0) is 47.3. The molecule has 5 aliphatic rings. The number of rotatable bonds is 19. The molecule has 4 aromatic rings. The first-order chi connectivity index (χ1) is 33.3. The number of methoxy groups -OCH3 is 4. The van der Waals surface area contributed by atoms with Gasteiger partial charge >= 0.3 is 0 Å². The number of nitrogens with zero attached hydrogens (tertiary/aromatic N) is 2. The maximum absolute atomic E-state index is 15.7. The summed E-state index contributed by atoms with van der Waals surface area (Å²) in [7, 11) is 6.77.